The average molecular weight is 373 g/mol. The molecule has 0 aromatic heterocycles. The standard InChI is InChI=1S/C22H31NO4/c1-17(22(25)27-3)16-23(14-13-18-7-5-4-6-8-18)21(24)15-19-9-11-20(26-2)12-10-19/h7,9-12,17H,4-6,8,13-16H2,1-3H3. The zero-order valence-electron chi connectivity index (χ0n) is 16.7. The molecular weight excluding hydrogens is 342 g/mol. The van der Waals surface area contributed by atoms with Gasteiger partial charge in [-0.25, -0.2) is 0 Å². The lowest BCUT2D eigenvalue weighted by molar-refractivity contribution is -0.146. The molecule has 0 bridgehead atoms. The molecule has 0 fully saturated rings. The minimum absolute atomic E-state index is 0.0346. The molecule has 1 amide bonds. The summed E-state index contributed by atoms with van der Waals surface area (Å²) in [5, 5.41) is 0. The Hall–Kier alpha value is -2.30. The van der Waals surface area contributed by atoms with Crippen LogP contribution < -0.4 is 4.74 Å². The van der Waals surface area contributed by atoms with Crippen LogP contribution in [-0.2, 0) is 20.7 Å². The maximum Gasteiger partial charge on any atom is 0.310 e. The van der Waals surface area contributed by atoms with Gasteiger partial charge in [0.25, 0.3) is 0 Å². The first-order chi connectivity index (χ1) is 13.0. The number of benzene rings is 1. The third-order valence-corrected chi connectivity index (χ3v) is 5.05. The number of esters is 1. The topological polar surface area (TPSA) is 55.8 Å². The number of hydrogen-bond acceptors (Lipinski definition) is 4. The Morgan fingerprint density at radius 1 is 1.15 bits per heavy atom. The van der Waals surface area contributed by atoms with Crippen molar-refractivity contribution in [2.24, 2.45) is 5.92 Å². The minimum Gasteiger partial charge on any atom is -0.497 e. The molecule has 0 aliphatic heterocycles. The van der Waals surface area contributed by atoms with Crippen molar-refractivity contribution in [1.29, 1.82) is 0 Å². The summed E-state index contributed by atoms with van der Waals surface area (Å²) in [6.45, 7) is 2.83. The fourth-order valence-electron chi connectivity index (χ4n) is 3.36. The zero-order valence-corrected chi connectivity index (χ0v) is 16.7. The zero-order chi connectivity index (χ0) is 19.6. The molecule has 148 valence electrons. The molecule has 0 radical (unpaired) electrons. The summed E-state index contributed by atoms with van der Waals surface area (Å²) in [6, 6.07) is 7.53. The van der Waals surface area contributed by atoms with E-state index in [0.717, 1.165) is 30.6 Å². The van der Waals surface area contributed by atoms with Crippen molar-refractivity contribution < 1.29 is 19.1 Å². The summed E-state index contributed by atoms with van der Waals surface area (Å²) < 4.78 is 9.99. The van der Waals surface area contributed by atoms with Crippen LogP contribution in [0.1, 0.15) is 44.6 Å². The van der Waals surface area contributed by atoms with E-state index in [1.54, 1.807) is 18.9 Å². The van der Waals surface area contributed by atoms with Gasteiger partial charge in [0.1, 0.15) is 5.75 Å². The molecule has 1 aromatic rings. The van der Waals surface area contributed by atoms with E-state index < -0.39 is 0 Å². The number of carbonyl (C=O) groups excluding carboxylic acids is 2. The summed E-state index contributed by atoms with van der Waals surface area (Å²) in [5.41, 5.74) is 2.36. The molecule has 1 unspecified atom stereocenters. The number of ether oxygens (including phenoxy) is 2. The number of carbonyl (C=O) groups is 2. The second kappa shape index (κ2) is 10.8. The summed E-state index contributed by atoms with van der Waals surface area (Å²) in [4.78, 5) is 26.5. The summed E-state index contributed by atoms with van der Waals surface area (Å²) in [6.07, 6.45) is 8.23. The quantitative estimate of drug-likeness (QED) is 0.488. The van der Waals surface area contributed by atoms with Crippen molar-refractivity contribution in [2.75, 3.05) is 27.3 Å². The Bertz CT molecular complexity index is 651. The molecule has 27 heavy (non-hydrogen) atoms. The largest absolute Gasteiger partial charge is 0.497 e. The number of allylic oxidation sites excluding steroid dienone is 1. The van der Waals surface area contributed by atoms with Gasteiger partial charge in [0.2, 0.25) is 5.91 Å². The number of amides is 1. The molecule has 1 aliphatic carbocycles. The van der Waals surface area contributed by atoms with Crippen molar-refractivity contribution in [2.45, 2.75) is 45.4 Å². The Kier molecular flexibility index (Phi) is 8.37. The van der Waals surface area contributed by atoms with Crippen LogP contribution in [0.2, 0.25) is 0 Å². The van der Waals surface area contributed by atoms with E-state index in [4.69, 9.17) is 9.47 Å². The Morgan fingerprint density at radius 2 is 1.89 bits per heavy atom. The van der Waals surface area contributed by atoms with Crippen molar-refractivity contribution in [3.8, 4) is 5.75 Å². The van der Waals surface area contributed by atoms with Gasteiger partial charge in [0.15, 0.2) is 0 Å². The van der Waals surface area contributed by atoms with Crippen LogP contribution in [0, 0.1) is 5.92 Å². The summed E-state index contributed by atoms with van der Waals surface area (Å²) in [7, 11) is 3.01. The number of nitrogens with zero attached hydrogens (tertiary/aromatic N) is 1. The molecule has 5 heteroatoms. The third-order valence-electron chi connectivity index (χ3n) is 5.05. The smallest absolute Gasteiger partial charge is 0.310 e. The van der Waals surface area contributed by atoms with Gasteiger partial charge in [-0.15, -0.1) is 0 Å². The minimum atomic E-state index is -0.338. The first kappa shape index (κ1) is 21.0. The van der Waals surface area contributed by atoms with Gasteiger partial charge >= 0.3 is 5.97 Å². The van der Waals surface area contributed by atoms with Crippen LogP contribution in [0.3, 0.4) is 0 Å². The van der Waals surface area contributed by atoms with Crippen molar-refractivity contribution in [3.63, 3.8) is 0 Å². The van der Waals surface area contributed by atoms with E-state index in [2.05, 4.69) is 6.08 Å². The predicted molar refractivity (Wildman–Crippen MR) is 106 cm³/mol. The van der Waals surface area contributed by atoms with E-state index in [9.17, 15) is 9.59 Å². The van der Waals surface area contributed by atoms with Gasteiger partial charge in [-0.05, 0) is 49.8 Å². The van der Waals surface area contributed by atoms with Crippen LogP contribution >= 0.6 is 0 Å². The molecule has 0 saturated heterocycles. The monoisotopic (exact) mass is 373 g/mol. The molecule has 5 nitrogen and oxygen atoms in total. The fraction of sp³-hybridized carbons (Fsp3) is 0.545. The number of hydrogen-bond donors (Lipinski definition) is 0. The van der Waals surface area contributed by atoms with Gasteiger partial charge in [-0.3, -0.25) is 9.59 Å². The Labute approximate surface area is 162 Å². The van der Waals surface area contributed by atoms with E-state index >= 15 is 0 Å². The highest BCUT2D eigenvalue weighted by Gasteiger charge is 2.22. The molecular formula is C22H31NO4. The molecule has 1 aliphatic rings. The molecule has 0 N–H and O–H groups in total. The summed E-state index contributed by atoms with van der Waals surface area (Å²) >= 11 is 0. The van der Waals surface area contributed by atoms with Gasteiger partial charge < -0.3 is 14.4 Å². The summed E-state index contributed by atoms with van der Waals surface area (Å²) in [5.74, 6) is 0.184. The molecule has 1 atom stereocenters. The molecule has 0 heterocycles. The first-order valence-corrected chi connectivity index (χ1v) is 9.70. The molecule has 2 rings (SSSR count). The second-order valence-electron chi connectivity index (χ2n) is 7.15. The lowest BCUT2D eigenvalue weighted by atomic mass is 9.97. The lowest BCUT2D eigenvalue weighted by Gasteiger charge is -2.26. The molecule has 1 aromatic carbocycles. The van der Waals surface area contributed by atoms with Gasteiger partial charge in [0, 0.05) is 13.1 Å². The second-order valence-corrected chi connectivity index (χ2v) is 7.15. The van der Waals surface area contributed by atoms with Crippen LogP contribution in [0.5, 0.6) is 5.75 Å². The Morgan fingerprint density at radius 3 is 2.48 bits per heavy atom. The van der Waals surface area contributed by atoms with Gasteiger partial charge in [0.05, 0.1) is 26.6 Å². The van der Waals surface area contributed by atoms with E-state index in [0.29, 0.717) is 19.5 Å². The lowest BCUT2D eigenvalue weighted by Crippen LogP contribution is -2.39. The maximum atomic E-state index is 12.9. The van der Waals surface area contributed by atoms with Crippen LogP contribution in [0.25, 0.3) is 0 Å². The van der Waals surface area contributed by atoms with Gasteiger partial charge in [-0.2, -0.15) is 0 Å². The average Bonchev–Trinajstić information content (AvgIpc) is 2.71. The highest BCUT2D eigenvalue weighted by molar-refractivity contribution is 5.80. The molecule has 0 saturated carbocycles. The third kappa shape index (κ3) is 6.74. The van der Waals surface area contributed by atoms with E-state index in [1.807, 2.05) is 24.3 Å². The Balaban J connectivity index is 2.02. The predicted octanol–water partition coefficient (Wildman–Crippen LogP) is 3.77. The fourth-order valence-corrected chi connectivity index (χ4v) is 3.36. The van der Waals surface area contributed by atoms with Crippen LogP contribution in [0.15, 0.2) is 35.9 Å². The maximum absolute atomic E-state index is 12.9. The normalized spacial score (nSPS) is 14.9. The highest BCUT2D eigenvalue weighted by atomic mass is 16.5. The van der Waals surface area contributed by atoms with Crippen molar-refractivity contribution in [3.05, 3.63) is 41.5 Å². The highest BCUT2D eigenvalue weighted by Crippen LogP contribution is 2.21. The van der Waals surface area contributed by atoms with E-state index in [-0.39, 0.29) is 17.8 Å². The SMILES string of the molecule is COC(=O)C(C)CN(CCC1=CCCCC1)C(=O)Cc1ccc(OC)cc1. The first-order valence-electron chi connectivity index (χ1n) is 9.70. The van der Waals surface area contributed by atoms with Crippen LogP contribution in [-0.4, -0.2) is 44.1 Å². The molecule has 0 spiro atoms. The number of rotatable bonds is 9. The van der Waals surface area contributed by atoms with Gasteiger partial charge in [-0.1, -0.05) is 30.7 Å². The van der Waals surface area contributed by atoms with E-state index in [1.165, 1.54) is 25.5 Å². The number of methoxy groups -OCH3 is 2. The van der Waals surface area contributed by atoms with Crippen LogP contribution in [0.4, 0.5) is 0 Å². The van der Waals surface area contributed by atoms with Crippen molar-refractivity contribution >= 4 is 11.9 Å². The van der Waals surface area contributed by atoms with Crippen molar-refractivity contribution in [1.82, 2.24) is 4.90 Å².